The van der Waals surface area contributed by atoms with Gasteiger partial charge in [-0.3, -0.25) is 4.79 Å². The van der Waals surface area contributed by atoms with E-state index in [1.807, 2.05) is 17.8 Å². The molecule has 0 fully saturated rings. The topological polar surface area (TPSA) is 46.9 Å². The summed E-state index contributed by atoms with van der Waals surface area (Å²) in [5.41, 5.74) is 0. The van der Waals surface area contributed by atoms with Crippen molar-refractivity contribution in [3.8, 4) is 0 Å². The molecule has 1 aliphatic rings. The normalized spacial score (nSPS) is 19.2. The molecule has 0 aromatic carbocycles. The number of hydrogen-bond acceptors (Lipinski definition) is 2. The van der Waals surface area contributed by atoms with E-state index in [2.05, 4.69) is 22.5 Å². The minimum Gasteiger partial charge on any atom is -0.355 e. The van der Waals surface area contributed by atoms with Gasteiger partial charge in [0.1, 0.15) is 5.82 Å². The van der Waals surface area contributed by atoms with Gasteiger partial charge in [0, 0.05) is 38.3 Å². The molecule has 0 bridgehead atoms. The molecule has 0 aliphatic heterocycles. The Morgan fingerprint density at radius 3 is 3.12 bits per heavy atom. The summed E-state index contributed by atoms with van der Waals surface area (Å²) in [6.07, 6.45) is 11.6. The maximum absolute atomic E-state index is 11.8. The number of aryl methyl sites for hydroxylation is 1. The van der Waals surface area contributed by atoms with Gasteiger partial charge in [0.2, 0.25) is 5.91 Å². The van der Waals surface area contributed by atoms with E-state index in [9.17, 15) is 4.79 Å². The van der Waals surface area contributed by atoms with Gasteiger partial charge in [-0.05, 0) is 19.3 Å². The molecule has 1 N–H and O–H groups in total. The minimum atomic E-state index is 0.168. The lowest BCUT2D eigenvalue weighted by Crippen LogP contribution is -2.32. The van der Waals surface area contributed by atoms with Gasteiger partial charge in [-0.1, -0.05) is 12.2 Å². The fraction of sp³-hybridized carbons (Fsp3) is 0.538. The molecule has 1 heterocycles. The van der Waals surface area contributed by atoms with E-state index in [0.717, 1.165) is 31.5 Å². The van der Waals surface area contributed by atoms with E-state index in [4.69, 9.17) is 0 Å². The highest BCUT2D eigenvalue weighted by atomic mass is 16.1. The first kappa shape index (κ1) is 11.9. The Morgan fingerprint density at radius 2 is 2.47 bits per heavy atom. The van der Waals surface area contributed by atoms with Crippen molar-refractivity contribution in [3.63, 3.8) is 0 Å². The number of nitrogens with zero attached hydrogens (tertiary/aromatic N) is 2. The first-order valence-electron chi connectivity index (χ1n) is 6.16. The number of carbonyl (C=O) groups excluding carboxylic acids is 1. The Hall–Kier alpha value is -1.58. The van der Waals surface area contributed by atoms with Gasteiger partial charge in [0.25, 0.3) is 0 Å². The molecule has 1 atom stereocenters. The van der Waals surface area contributed by atoms with E-state index >= 15 is 0 Å². The van der Waals surface area contributed by atoms with Crippen molar-refractivity contribution >= 4 is 5.91 Å². The Bertz CT molecular complexity index is 409. The van der Waals surface area contributed by atoms with Gasteiger partial charge in [0.15, 0.2) is 0 Å². The predicted molar refractivity (Wildman–Crippen MR) is 66.4 cm³/mol. The van der Waals surface area contributed by atoms with Crippen LogP contribution in [-0.2, 0) is 18.3 Å². The maximum Gasteiger partial charge on any atom is 0.223 e. The summed E-state index contributed by atoms with van der Waals surface area (Å²) in [4.78, 5) is 16.1. The third kappa shape index (κ3) is 3.19. The SMILES string of the molecule is Cn1ccnc1CCNC(=O)[C@H]1CC=CCC1. The molecule has 1 aromatic heterocycles. The molecule has 0 spiro atoms. The van der Waals surface area contributed by atoms with Crippen LogP contribution in [0, 0.1) is 5.92 Å². The first-order valence-corrected chi connectivity index (χ1v) is 6.16. The summed E-state index contributed by atoms with van der Waals surface area (Å²) in [6.45, 7) is 0.671. The number of hydrogen-bond donors (Lipinski definition) is 1. The zero-order valence-electron chi connectivity index (χ0n) is 10.2. The molecule has 0 saturated carbocycles. The molecular weight excluding hydrogens is 214 g/mol. The summed E-state index contributed by atoms with van der Waals surface area (Å²) in [6, 6.07) is 0. The quantitative estimate of drug-likeness (QED) is 0.800. The molecule has 1 amide bonds. The molecule has 4 heteroatoms. The van der Waals surface area contributed by atoms with E-state index < -0.39 is 0 Å². The minimum absolute atomic E-state index is 0.168. The van der Waals surface area contributed by atoms with Crippen LogP contribution in [-0.4, -0.2) is 22.0 Å². The monoisotopic (exact) mass is 233 g/mol. The van der Waals surface area contributed by atoms with Gasteiger partial charge in [-0.15, -0.1) is 0 Å². The number of rotatable bonds is 4. The lowest BCUT2D eigenvalue weighted by molar-refractivity contribution is -0.125. The highest BCUT2D eigenvalue weighted by Crippen LogP contribution is 2.17. The van der Waals surface area contributed by atoms with Gasteiger partial charge < -0.3 is 9.88 Å². The Labute approximate surface area is 102 Å². The summed E-state index contributed by atoms with van der Waals surface area (Å²) in [7, 11) is 1.97. The largest absolute Gasteiger partial charge is 0.355 e. The van der Waals surface area contributed by atoms with Crippen LogP contribution in [0.5, 0.6) is 0 Å². The average molecular weight is 233 g/mol. The van der Waals surface area contributed by atoms with Crippen LogP contribution in [0.4, 0.5) is 0 Å². The molecule has 0 unspecified atom stereocenters. The second kappa shape index (κ2) is 5.66. The van der Waals surface area contributed by atoms with E-state index in [1.54, 1.807) is 6.20 Å². The second-order valence-corrected chi connectivity index (χ2v) is 4.48. The van der Waals surface area contributed by atoms with Gasteiger partial charge >= 0.3 is 0 Å². The van der Waals surface area contributed by atoms with Crippen molar-refractivity contribution in [1.82, 2.24) is 14.9 Å². The molecule has 0 radical (unpaired) electrons. The molecule has 92 valence electrons. The summed E-state index contributed by atoms with van der Waals surface area (Å²) in [5, 5.41) is 2.99. The van der Waals surface area contributed by atoms with Crippen LogP contribution in [0.15, 0.2) is 24.5 Å². The fourth-order valence-electron chi connectivity index (χ4n) is 2.11. The van der Waals surface area contributed by atoms with Crippen LogP contribution in [0.25, 0.3) is 0 Å². The van der Waals surface area contributed by atoms with Crippen LogP contribution >= 0.6 is 0 Å². The Morgan fingerprint density at radius 1 is 1.59 bits per heavy atom. The van der Waals surface area contributed by atoms with Crippen LogP contribution in [0.3, 0.4) is 0 Å². The third-order valence-electron chi connectivity index (χ3n) is 3.21. The zero-order valence-corrected chi connectivity index (χ0v) is 10.2. The van der Waals surface area contributed by atoms with Crippen LogP contribution in [0.2, 0.25) is 0 Å². The molecular formula is C13H19N3O. The van der Waals surface area contributed by atoms with Gasteiger partial charge in [-0.2, -0.15) is 0 Å². The van der Waals surface area contributed by atoms with E-state index in [-0.39, 0.29) is 11.8 Å². The third-order valence-corrected chi connectivity index (χ3v) is 3.21. The fourth-order valence-corrected chi connectivity index (χ4v) is 2.11. The highest BCUT2D eigenvalue weighted by Gasteiger charge is 2.17. The lowest BCUT2D eigenvalue weighted by Gasteiger charge is -2.17. The van der Waals surface area contributed by atoms with Crippen molar-refractivity contribution in [3.05, 3.63) is 30.4 Å². The van der Waals surface area contributed by atoms with Crippen molar-refractivity contribution in [2.75, 3.05) is 6.54 Å². The number of aromatic nitrogens is 2. The van der Waals surface area contributed by atoms with Crippen molar-refractivity contribution in [2.24, 2.45) is 13.0 Å². The van der Waals surface area contributed by atoms with Gasteiger partial charge in [0.05, 0.1) is 0 Å². The standard InChI is InChI=1S/C13H19N3O/c1-16-10-9-14-12(16)7-8-15-13(17)11-5-3-2-4-6-11/h2-3,9-11H,4-8H2,1H3,(H,15,17)/t11-/m0/s1. The smallest absolute Gasteiger partial charge is 0.223 e. The number of imidazole rings is 1. The number of nitrogens with one attached hydrogen (secondary N) is 1. The second-order valence-electron chi connectivity index (χ2n) is 4.48. The summed E-state index contributed by atoms with van der Waals surface area (Å²) < 4.78 is 1.98. The molecule has 0 saturated heterocycles. The van der Waals surface area contributed by atoms with Crippen LogP contribution < -0.4 is 5.32 Å². The molecule has 1 aromatic rings. The highest BCUT2D eigenvalue weighted by molar-refractivity contribution is 5.78. The molecule has 1 aliphatic carbocycles. The van der Waals surface area contributed by atoms with Crippen molar-refractivity contribution < 1.29 is 4.79 Å². The van der Waals surface area contributed by atoms with Crippen molar-refractivity contribution in [2.45, 2.75) is 25.7 Å². The molecule has 17 heavy (non-hydrogen) atoms. The van der Waals surface area contributed by atoms with E-state index in [0.29, 0.717) is 6.54 Å². The molecule has 2 rings (SSSR count). The molecule has 4 nitrogen and oxygen atoms in total. The van der Waals surface area contributed by atoms with E-state index in [1.165, 1.54) is 0 Å². The first-order chi connectivity index (χ1) is 8.27. The van der Waals surface area contributed by atoms with Crippen molar-refractivity contribution in [1.29, 1.82) is 0 Å². The number of carbonyl (C=O) groups is 1. The Kier molecular flexibility index (Phi) is 3.96. The maximum atomic E-state index is 11.8. The number of amides is 1. The zero-order chi connectivity index (χ0) is 12.1. The van der Waals surface area contributed by atoms with Gasteiger partial charge in [-0.25, -0.2) is 4.98 Å². The average Bonchev–Trinajstić information content (AvgIpc) is 2.76. The predicted octanol–water partition coefficient (Wildman–Crippen LogP) is 1.44. The number of allylic oxidation sites excluding steroid dienone is 2. The summed E-state index contributed by atoms with van der Waals surface area (Å²) in [5.74, 6) is 1.36. The summed E-state index contributed by atoms with van der Waals surface area (Å²) >= 11 is 0. The van der Waals surface area contributed by atoms with Crippen LogP contribution in [0.1, 0.15) is 25.1 Å². The Balaban J connectivity index is 1.73. The lowest BCUT2D eigenvalue weighted by atomic mass is 9.94.